The van der Waals surface area contributed by atoms with Crippen molar-refractivity contribution in [1.82, 2.24) is 5.32 Å². The molecule has 0 bridgehead atoms. The van der Waals surface area contributed by atoms with Crippen molar-refractivity contribution < 1.29 is 9.53 Å². The maximum atomic E-state index is 11.8. The van der Waals surface area contributed by atoms with E-state index in [9.17, 15) is 4.79 Å². The van der Waals surface area contributed by atoms with Gasteiger partial charge >= 0.3 is 6.09 Å². The zero-order chi connectivity index (χ0) is 16.6. The van der Waals surface area contributed by atoms with Crippen molar-refractivity contribution in [3.05, 3.63) is 28.8 Å². The molecule has 1 amide bonds. The van der Waals surface area contributed by atoms with Gasteiger partial charge in [-0.1, -0.05) is 19.1 Å². The van der Waals surface area contributed by atoms with Crippen LogP contribution in [0.5, 0.6) is 0 Å². The average Bonchev–Trinajstić information content (AvgIpc) is 3.07. The fraction of sp³-hybridized carbons (Fsp3) is 0.632. The number of alkyl carbamates (subject to hydrolysis) is 1. The van der Waals surface area contributed by atoms with Crippen molar-refractivity contribution in [2.75, 3.05) is 11.9 Å². The van der Waals surface area contributed by atoms with E-state index < -0.39 is 0 Å². The van der Waals surface area contributed by atoms with Crippen LogP contribution >= 0.6 is 0 Å². The normalized spacial score (nSPS) is 20.4. The van der Waals surface area contributed by atoms with Gasteiger partial charge in [0.05, 0.1) is 6.61 Å². The summed E-state index contributed by atoms with van der Waals surface area (Å²) in [4.78, 5) is 11.8. The van der Waals surface area contributed by atoms with Gasteiger partial charge in [0.15, 0.2) is 0 Å². The molecule has 3 rings (SSSR count). The maximum Gasteiger partial charge on any atom is 0.407 e. The Morgan fingerprint density at radius 3 is 2.83 bits per heavy atom. The molecule has 1 aromatic rings. The van der Waals surface area contributed by atoms with E-state index in [0.717, 1.165) is 6.42 Å². The smallest absolute Gasteiger partial charge is 0.407 e. The number of ether oxygens (including phenoxy) is 1. The van der Waals surface area contributed by atoms with Crippen LogP contribution in [0, 0.1) is 5.92 Å². The predicted molar refractivity (Wildman–Crippen MR) is 93.0 cm³/mol. The molecule has 0 spiro atoms. The molecule has 2 aliphatic rings. The van der Waals surface area contributed by atoms with Crippen LogP contribution in [0.2, 0.25) is 0 Å². The number of amides is 1. The molecule has 1 aromatic carbocycles. The van der Waals surface area contributed by atoms with E-state index in [1.54, 1.807) is 0 Å². The predicted octanol–water partition coefficient (Wildman–Crippen LogP) is 3.67. The van der Waals surface area contributed by atoms with Crippen molar-refractivity contribution >= 4 is 11.8 Å². The summed E-state index contributed by atoms with van der Waals surface area (Å²) in [5.41, 5.74) is 5.54. The number of rotatable bonds is 3. The van der Waals surface area contributed by atoms with E-state index in [1.165, 1.54) is 41.6 Å². The number of carbonyl (C=O) groups excluding carboxylic acids is 1. The van der Waals surface area contributed by atoms with Crippen molar-refractivity contribution in [3.63, 3.8) is 0 Å². The molecule has 1 aliphatic carbocycles. The Labute approximate surface area is 139 Å². The Morgan fingerprint density at radius 2 is 2.09 bits per heavy atom. The van der Waals surface area contributed by atoms with Crippen LogP contribution in [0.4, 0.5) is 10.5 Å². The summed E-state index contributed by atoms with van der Waals surface area (Å²) in [6.45, 7) is 8.44. The number of benzene rings is 1. The van der Waals surface area contributed by atoms with Gasteiger partial charge in [0.25, 0.3) is 0 Å². The molecule has 0 saturated carbocycles. The highest BCUT2D eigenvalue weighted by Crippen LogP contribution is 2.38. The van der Waals surface area contributed by atoms with Crippen molar-refractivity contribution in [1.29, 1.82) is 0 Å². The lowest BCUT2D eigenvalue weighted by Gasteiger charge is -2.23. The first-order valence-corrected chi connectivity index (χ1v) is 8.68. The number of anilines is 1. The Kier molecular flexibility index (Phi) is 4.26. The van der Waals surface area contributed by atoms with Crippen LogP contribution in [0.15, 0.2) is 12.1 Å². The van der Waals surface area contributed by atoms with E-state index in [-0.39, 0.29) is 17.6 Å². The molecule has 0 aromatic heterocycles. The van der Waals surface area contributed by atoms with Crippen LogP contribution in [0.25, 0.3) is 0 Å². The third-order valence-corrected chi connectivity index (χ3v) is 4.78. The first-order chi connectivity index (χ1) is 10.8. The average molecular weight is 316 g/mol. The molecule has 126 valence electrons. The van der Waals surface area contributed by atoms with E-state index in [2.05, 4.69) is 29.7 Å². The highest BCUT2D eigenvalue weighted by Gasteiger charge is 2.30. The van der Waals surface area contributed by atoms with Crippen LogP contribution in [0.3, 0.4) is 0 Å². The summed E-state index contributed by atoms with van der Waals surface area (Å²) in [6.07, 6.45) is 4.36. The lowest BCUT2D eigenvalue weighted by molar-refractivity contribution is 0.119. The summed E-state index contributed by atoms with van der Waals surface area (Å²) in [5, 5.41) is 6.53. The standard InChI is InChI=1S/C19H28N2O2/c1-12(11-23-18(22)21-19(2,3)4)16-10-14-9-8-13-6-5-7-15(13)17(14)20-16/h8-9,12,16,20H,5-7,10-11H2,1-4H3,(H,21,22)/t12-,16+/m1/s1. The van der Waals surface area contributed by atoms with Gasteiger partial charge in [-0.2, -0.15) is 0 Å². The van der Waals surface area contributed by atoms with E-state index in [1.807, 2.05) is 20.8 Å². The van der Waals surface area contributed by atoms with E-state index in [0.29, 0.717) is 12.6 Å². The van der Waals surface area contributed by atoms with Crippen molar-refractivity contribution in [3.8, 4) is 0 Å². The Balaban J connectivity index is 1.56. The number of aryl methyl sites for hydroxylation is 1. The summed E-state index contributed by atoms with van der Waals surface area (Å²) in [6, 6.07) is 4.91. The zero-order valence-corrected chi connectivity index (χ0v) is 14.7. The zero-order valence-electron chi connectivity index (χ0n) is 14.7. The number of hydrogen-bond donors (Lipinski definition) is 2. The molecule has 2 atom stereocenters. The second-order valence-corrected chi connectivity index (χ2v) is 8.00. The Hall–Kier alpha value is -1.71. The summed E-state index contributed by atoms with van der Waals surface area (Å²) >= 11 is 0. The van der Waals surface area contributed by atoms with Gasteiger partial charge in [-0.15, -0.1) is 0 Å². The molecule has 23 heavy (non-hydrogen) atoms. The van der Waals surface area contributed by atoms with Gasteiger partial charge in [-0.05, 0) is 63.1 Å². The molecular weight excluding hydrogens is 288 g/mol. The number of fused-ring (bicyclic) bond motifs is 3. The minimum Gasteiger partial charge on any atom is -0.449 e. The second-order valence-electron chi connectivity index (χ2n) is 8.00. The van der Waals surface area contributed by atoms with Gasteiger partial charge in [0.2, 0.25) is 0 Å². The fourth-order valence-corrected chi connectivity index (χ4v) is 3.55. The highest BCUT2D eigenvalue weighted by atomic mass is 16.5. The SMILES string of the molecule is C[C@H](COC(=O)NC(C)(C)C)[C@@H]1Cc2ccc3c(c2N1)CCC3. The molecular formula is C19H28N2O2. The summed E-state index contributed by atoms with van der Waals surface area (Å²) in [5.74, 6) is 0.283. The first-order valence-electron chi connectivity index (χ1n) is 8.68. The van der Waals surface area contributed by atoms with Gasteiger partial charge < -0.3 is 15.4 Å². The van der Waals surface area contributed by atoms with Crippen LogP contribution < -0.4 is 10.6 Å². The van der Waals surface area contributed by atoms with Crippen LogP contribution in [0.1, 0.15) is 50.8 Å². The van der Waals surface area contributed by atoms with Gasteiger partial charge in [0.1, 0.15) is 0 Å². The molecule has 0 unspecified atom stereocenters. The van der Waals surface area contributed by atoms with Crippen LogP contribution in [-0.2, 0) is 24.0 Å². The number of hydrogen-bond acceptors (Lipinski definition) is 3. The third kappa shape index (κ3) is 3.62. The quantitative estimate of drug-likeness (QED) is 0.894. The van der Waals surface area contributed by atoms with Crippen LogP contribution in [-0.4, -0.2) is 24.3 Å². The topological polar surface area (TPSA) is 50.4 Å². The lowest BCUT2D eigenvalue weighted by Crippen LogP contribution is -2.42. The number of carbonyl (C=O) groups is 1. The minimum atomic E-state index is -0.333. The molecule has 4 nitrogen and oxygen atoms in total. The second kappa shape index (κ2) is 6.06. The third-order valence-electron chi connectivity index (χ3n) is 4.78. The van der Waals surface area contributed by atoms with Crippen molar-refractivity contribution in [2.45, 2.75) is 65.0 Å². The van der Waals surface area contributed by atoms with E-state index in [4.69, 9.17) is 4.74 Å². The minimum absolute atomic E-state index is 0.261. The molecule has 0 saturated heterocycles. The Bertz CT molecular complexity index is 604. The molecule has 0 radical (unpaired) electrons. The molecule has 1 heterocycles. The molecule has 2 N–H and O–H groups in total. The summed E-state index contributed by atoms with van der Waals surface area (Å²) in [7, 11) is 0. The largest absolute Gasteiger partial charge is 0.449 e. The Morgan fingerprint density at radius 1 is 1.35 bits per heavy atom. The lowest BCUT2D eigenvalue weighted by atomic mass is 9.98. The summed E-state index contributed by atoms with van der Waals surface area (Å²) < 4.78 is 5.39. The first kappa shape index (κ1) is 16.2. The maximum absolute atomic E-state index is 11.8. The highest BCUT2D eigenvalue weighted by molar-refractivity contribution is 5.68. The van der Waals surface area contributed by atoms with Gasteiger partial charge in [0, 0.05) is 23.2 Å². The van der Waals surface area contributed by atoms with Gasteiger partial charge in [-0.3, -0.25) is 0 Å². The van der Waals surface area contributed by atoms with Crippen molar-refractivity contribution in [2.24, 2.45) is 5.92 Å². The molecule has 0 fully saturated rings. The van der Waals surface area contributed by atoms with E-state index >= 15 is 0 Å². The molecule has 1 aliphatic heterocycles. The fourth-order valence-electron chi connectivity index (χ4n) is 3.55. The number of nitrogens with one attached hydrogen (secondary N) is 2. The monoisotopic (exact) mass is 316 g/mol. The van der Waals surface area contributed by atoms with Gasteiger partial charge in [-0.25, -0.2) is 4.79 Å². The molecule has 4 heteroatoms.